The van der Waals surface area contributed by atoms with Crippen LogP contribution in [0.1, 0.15) is 29.4 Å². The van der Waals surface area contributed by atoms with Crippen molar-refractivity contribution in [3.05, 3.63) is 71.8 Å². The Hall–Kier alpha value is -2.11. The van der Waals surface area contributed by atoms with E-state index in [1.165, 1.54) is 0 Å². The number of aliphatic hydroxyl groups excluding tert-OH is 1. The lowest BCUT2D eigenvalue weighted by atomic mass is 9.80. The number of rotatable bonds is 5. The minimum Gasteiger partial charge on any atom is -0.396 e. The van der Waals surface area contributed by atoms with E-state index in [4.69, 9.17) is 0 Å². The van der Waals surface area contributed by atoms with E-state index in [0.29, 0.717) is 6.42 Å². The zero-order chi connectivity index (χ0) is 13.5. The van der Waals surface area contributed by atoms with Gasteiger partial charge in [-0.3, -0.25) is 0 Å². The van der Waals surface area contributed by atoms with Crippen LogP contribution in [0, 0.1) is 11.3 Å². The molecule has 2 aromatic carbocycles. The van der Waals surface area contributed by atoms with Gasteiger partial charge in [-0.2, -0.15) is 5.26 Å². The molecule has 0 heterocycles. The Balaban J connectivity index is 2.35. The number of aliphatic hydroxyl groups is 1. The monoisotopic (exact) mass is 251 g/mol. The first-order valence-corrected chi connectivity index (χ1v) is 6.47. The molecule has 0 aliphatic carbocycles. The van der Waals surface area contributed by atoms with E-state index in [-0.39, 0.29) is 18.4 Å². The average Bonchev–Trinajstić information content (AvgIpc) is 2.49. The summed E-state index contributed by atoms with van der Waals surface area (Å²) in [4.78, 5) is 0. The van der Waals surface area contributed by atoms with E-state index < -0.39 is 0 Å². The van der Waals surface area contributed by atoms with Crippen molar-refractivity contribution in [1.29, 1.82) is 5.26 Å². The predicted octanol–water partition coefficient (Wildman–Crippen LogP) is 3.46. The largest absolute Gasteiger partial charge is 0.396 e. The van der Waals surface area contributed by atoms with Crippen LogP contribution in [0.4, 0.5) is 0 Å². The van der Waals surface area contributed by atoms with Crippen LogP contribution in [0.5, 0.6) is 0 Å². The maximum absolute atomic E-state index is 9.51. The quantitative estimate of drug-likeness (QED) is 0.884. The standard InChI is InChI=1S/C17H17NO/c18-13-17(15-9-5-2-6-10-15)16(11-12-19)14-7-3-1-4-8-14/h1-10,16-17,19H,11-12H2. The van der Waals surface area contributed by atoms with Gasteiger partial charge >= 0.3 is 0 Å². The van der Waals surface area contributed by atoms with Crippen molar-refractivity contribution < 1.29 is 5.11 Å². The van der Waals surface area contributed by atoms with E-state index in [1.54, 1.807) is 0 Å². The molecule has 0 bridgehead atoms. The minimum atomic E-state index is -0.226. The highest BCUT2D eigenvalue weighted by molar-refractivity contribution is 5.32. The Morgan fingerprint density at radius 1 is 0.895 bits per heavy atom. The molecule has 0 fully saturated rings. The fourth-order valence-corrected chi connectivity index (χ4v) is 2.42. The van der Waals surface area contributed by atoms with Crippen LogP contribution in [-0.2, 0) is 0 Å². The number of hydrogen-bond acceptors (Lipinski definition) is 2. The molecule has 19 heavy (non-hydrogen) atoms. The number of nitriles is 1. The van der Waals surface area contributed by atoms with Crippen molar-refractivity contribution in [3.8, 4) is 6.07 Å². The van der Waals surface area contributed by atoms with Gasteiger partial charge in [0.15, 0.2) is 0 Å². The number of nitrogens with zero attached hydrogens (tertiary/aromatic N) is 1. The van der Waals surface area contributed by atoms with Crippen LogP contribution in [0.25, 0.3) is 0 Å². The van der Waals surface area contributed by atoms with Crippen molar-refractivity contribution >= 4 is 0 Å². The topological polar surface area (TPSA) is 44.0 Å². The molecule has 2 rings (SSSR count). The summed E-state index contributed by atoms with van der Waals surface area (Å²) in [5.41, 5.74) is 2.11. The third-order valence-corrected chi connectivity index (χ3v) is 3.37. The van der Waals surface area contributed by atoms with E-state index in [1.807, 2.05) is 60.7 Å². The highest BCUT2D eigenvalue weighted by atomic mass is 16.3. The molecule has 96 valence electrons. The van der Waals surface area contributed by atoms with Crippen molar-refractivity contribution in [2.24, 2.45) is 0 Å². The third-order valence-electron chi connectivity index (χ3n) is 3.37. The molecule has 2 atom stereocenters. The van der Waals surface area contributed by atoms with Crippen LogP contribution < -0.4 is 0 Å². The van der Waals surface area contributed by atoms with Crippen molar-refractivity contribution in [1.82, 2.24) is 0 Å². The van der Waals surface area contributed by atoms with Gasteiger partial charge in [-0.15, -0.1) is 0 Å². The van der Waals surface area contributed by atoms with Gasteiger partial charge in [0.2, 0.25) is 0 Å². The highest BCUT2D eigenvalue weighted by Gasteiger charge is 2.23. The first-order chi connectivity index (χ1) is 9.36. The Bertz CT molecular complexity index is 530. The number of hydrogen-bond donors (Lipinski definition) is 1. The van der Waals surface area contributed by atoms with Crippen molar-refractivity contribution in [2.45, 2.75) is 18.3 Å². The van der Waals surface area contributed by atoms with Gasteiger partial charge in [-0.05, 0) is 17.5 Å². The maximum Gasteiger partial charge on any atom is 0.0782 e. The predicted molar refractivity (Wildman–Crippen MR) is 75.7 cm³/mol. The molecule has 0 aliphatic heterocycles. The summed E-state index contributed by atoms with van der Waals surface area (Å²) >= 11 is 0. The SMILES string of the molecule is N#CC(c1ccccc1)C(CCO)c1ccccc1. The summed E-state index contributed by atoms with van der Waals surface area (Å²) in [5.74, 6) is -0.200. The second kappa shape index (κ2) is 6.72. The smallest absolute Gasteiger partial charge is 0.0782 e. The van der Waals surface area contributed by atoms with Crippen molar-refractivity contribution in [2.75, 3.05) is 6.61 Å². The second-order valence-electron chi connectivity index (χ2n) is 4.55. The lowest BCUT2D eigenvalue weighted by Gasteiger charge is -2.22. The van der Waals surface area contributed by atoms with Gasteiger partial charge < -0.3 is 5.11 Å². The molecule has 0 aliphatic rings. The van der Waals surface area contributed by atoms with Crippen molar-refractivity contribution in [3.63, 3.8) is 0 Å². The van der Waals surface area contributed by atoms with Gasteiger partial charge in [0.1, 0.15) is 0 Å². The number of benzene rings is 2. The summed E-state index contributed by atoms with van der Waals surface area (Å²) < 4.78 is 0. The summed E-state index contributed by atoms with van der Waals surface area (Å²) in [6, 6.07) is 22.1. The Kier molecular flexibility index (Phi) is 4.72. The molecule has 2 heteroatoms. The van der Waals surface area contributed by atoms with Crippen LogP contribution in [-0.4, -0.2) is 11.7 Å². The van der Waals surface area contributed by atoms with Crippen LogP contribution in [0.2, 0.25) is 0 Å². The van der Waals surface area contributed by atoms with E-state index in [2.05, 4.69) is 6.07 Å². The summed E-state index contributed by atoms with van der Waals surface area (Å²) in [6.45, 7) is 0.0879. The molecule has 2 aromatic rings. The van der Waals surface area contributed by atoms with Gasteiger partial charge in [-0.25, -0.2) is 0 Å². The molecule has 1 N–H and O–H groups in total. The normalized spacial score (nSPS) is 13.5. The lowest BCUT2D eigenvalue weighted by molar-refractivity contribution is 0.272. The summed E-state index contributed by atoms with van der Waals surface area (Å²) in [7, 11) is 0. The molecule has 0 saturated heterocycles. The van der Waals surface area contributed by atoms with Gasteiger partial charge in [0.05, 0.1) is 12.0 Å². The van der Waals surface area contributed by atoms with Crippen LogP contribution in [0.15, 0.2) is 60.7 Å². The average molecular weight is 251 g/mol. The zero-order valence-corrected chi connectivity index (χ0v) is 10.7. The molecule has 0 saturated carbocycles. The molecular formula is C17H17NO. The Morgan fingerprint density at radius 3 is 1.89 bits per heavy atom. The summed E-state index contributed by atoms with van der Waals surface area (Å²) in [6.07, 6.45) is 0.594. The Labute approximate surface area is 114 Å². The van der Waals surface area contributed by atoms with Crippen LogP contribution >= 0.6 is 0 Å². The molecule has 2 unspecified atom stereocenters. The lowest BCUT2D eigenvalue weighted by Crippen LogP contribution is -2.11. The molecule has 0 amide bonds. The fourth-order valence-electron chi connectivity index (χ4n) is 2.42. The highest BCUT2D eigenvalue weighted by Crippen LogP contribution is 2.34. The van der Waals surface area contributed by atoms with E-state index in [9.17, 15) is 10.4 Å². The molecule has 0 spiro atoms. The first-order valence-electron chi connectivity index (χ1n) is 6.47. The third kappa shape index (κ3) is 3.21. The van der Waals surface area contributed by atoms with Crippen LogP contribution in [0.3, 0.4) is 0 Å². The van der Waals surface area contributed by atoms with Gasteiger partial charge in [0, 0.05) is 12.5 Å². The molecular weight excluding hydrogens is 234 g/mol. The minimum absolute atomic E-state index is 0.0265. The van der Waals surface area contributed by atoms with E-state index >= 15 is 0 Å². The molecule has 0 aromatic heterocycles. The second-order valence-corrected chi connectivity index (χ2v) is 4.55. The first kappa shape index (κ1) is 13.3. The van der Waals surface area contributed by atoms with Gasteiger partial charge in [-0.1, -0.05) is 60.7 Å². The summed E-state index contributed by atoms with van der Waals surface area (Å²) in [5, 5.41) is 18.8. The molecule has 0 radical (unpaired) electrons. The maximum atomic E-state index is 9.51. The zero-order valence-electron chi connectivity index (χ0n) is 10.7. The molecule has 2 nitrogen and oxygen atoms in total. The fraction of sp³-hybridized carbons (Fsp3) is 0.235. The van der Waals surface area contributed by atoms with E-state index in [0.717, 1.165) is 11.1 Å². The van der Waals surface area contributed by atoms with Gasteiger partial charge in [0.25, 0.3) is 0 Å². The Morgan fingerprint density at radius 2 is 1.42 bits per heavy atom.